The Labute approximate surface area is 108 Å². The van der Waals surface area contributed by atoms with Crippen LogP contribution in [0.25, 0.3) is 0 Å². The van der Waals surface area contributed by atoms with Crippen LogP contribution in [0.1, 0.15) is 30.4 Å². The summed E-state index contributed by atoms with van der Waals surface area (Å²) < 4.78 is 5.38. The van der Waals surface area contributed by atoms with Crippen molar-refractivity contribution in [2.75, 3.05) is 20.2 Å². The summed E-state index contributed by atoms with van der Waals surface area (Å²) in [5, 5.41) is 7.50. The second kappa shape index (κ2) is 5.87. The summed E-state index contributed by atoms with van der Waals surface area (Å²) in [5.41, 5.74) is 7.42. The van der Waals surface area contributed by atoms with Crippen molar-refractivity contribution in [1.82, 2.24) is 4.90 Å². The van der Waals surface area contributed by atoms with Crippen LogP contribution in [0.4, 0.5) is 0 Å². The number of hydrogen-bond donors (Lipinski definition) is 2. The van der Waals surface area contributed by atoms with Crippen LogP contribution < -0.4 is 10.5 Å². The second-order valence-electron chi connectivity index (χ2n) is 4.78. The number of piperidine rings is 1. The molecule has 0 saturated carbocycles. The first-order chi connectivity index (χ1) is 8.70. The minimum Gasteiger partial charge on any atom is -0.496 e. The Balaban J connectivity index is 2.17. The lowest BCUT2D eigenvalue weighted by Crippen LogP contribution is -2.29. The molecule has 0 amide bonds. The van der Waals surface area contributed by atoms with Gasteiger partial charge in [-0.3, -0.25) is 10.3 Å². The SMILES string of the molecule is COc1ccc(C(=N)N)cc1CN1CCCCC1. The largest absolute Gasteiger partial charge is 0.496 e. The zero-order valence-corrected chi connectivity index (χ0v) is 10.9. The van der Waals surface area contributed by atoms with Crippen LogP contribution in [0, 0.1) is 5.41 Å². The third-order valence-electron chi connectivity index (χ3n) is 3.43. The molecule has 0 unspecified atom stereocenters. The molecule has 1 aliphatic heterocycles. The van der Waals surface area contributed by atoms with E-state index in [1.807, 2.05) is 18.2 Å². The summed E-state index contributed by atoms with van der Waals surface area (Å²) in [6.07, 6.45) is 3.88. The van der Waals surface area contributed by atoms with E-state index in [-0.39, 0.29) is 5.84 Å². The van der Waals surface area contributed by atoms with Crippen LogP contribution in [0.5, 0.6) is 5.75 Å². The Kier molecular flexibility index (Phi) is 4.20. The summed E-state index contributed by atoms with van der Waals surface area (Å²) in [5.74, 6) is 0.989. The van der Waals surface area contributed by atoms with Crippen LogP contribution in [-0.2, 0) is 6.54 Å². The zero-order valence-electron chi connectivity index (χ0n) is 10.9. The number of nitrogens with zero attached hydrogens (tertiary/aromatic N) is 1. The molecule has 0 aliphatic carbocycles. The van der Waals surface area contributed by atoms with E-state index in [1.165, 1.54) is 19.3 Å². The molecule has 1 heterocycles. The Bertz CT molecular complexity index is 425. The van der Waals surface area contributed by atoms with Gasteiger partial charge >= 0.3 is 0 Å². The van der Waals surface area contributed by atoms with E-state index in [1.54, 1.807) is 7.11 Å². The predicted molar refractivity (Wildman–Crippen MR) is 73.1 cm³/mol. The highest BCUT2D eigenvalue weighted by Gasteiger charge is 2.13. The van der Waals surface area contributed by atoms with Crippen molar-refractivity contribution in [2.24, 2.45) is 5.73 Å². The van der Waals surface area contributed by atoms with Gasteiger partial charge in [0.05, 0.1) is 7.11 Å². The van der Waals surface area contributed by atoms with Gasteiger partial charge in [0, 0.05) is 17.7 Å². The number of nitrogens with two attached hydrogens (primary N) is 1. The van der Waals surface area contributed by atoms with Crippen LogP contribution in [0.15, 0.2) is 18.2 Å². The molecule has 1 aliphatic rings. The van der Waals surface area contributed by atoms with E-state index in [2.05, 4.69) is 4.90 Å². The summed E-state index contributed by atoms with van der Waals surface area (Å²) in [7, 11) is 1.68. The van der Waals surface area contributed by atoms with Crippen molar-refractivity contribution < 1.29 is 4.74 Å². The molecular weight excluding hydrogens is 226 g/mol. The lowest BCUT2D eigenvalue weighted by atomic mass is 10.1. The van der Waals surface area contributed by atoms with E-state index in [0.29, 0.717) is 0 Å². The van der Waals surface area contributed by atoms with Crippen LogP contribution in [0.3, 0.4) is 0 Å². The topological polar surface area (TPSA) is 62.3 Å². The van der Waals surface area contributed by atoms with Gasteiger partial charge in [0.2, 0.25) is 0 Å². The molecule has 4 nitrogen and oxygen atoms in total. The highest BCUT2D eigenvalue weighted by atomic mass is 16.5. The van der Waals surface area contributed by atoms with Crippen molar-refractivity contribution in [1.29, 1.82) is 5.41 Å². The highest BCUT2D eigenvalue weighted by molar-refractivity contribution is 5.95. The molecule has 0 bridgehead atoms. The third kappa shape index (κ3) is 3.01. The molecule has 18 heavy (non-hydrogen) atoms. The van der Waals surface area contributed by atoms with Gasteiger partial charge in [-0.1, -0.05) is 6.42 Å². The number of nitrogen functional groups attached to an aromatic ring is 1. The molecule has 0 spiro atoms. The number of ether oxygens (including phenoxy) is 1. The maximum atomic E-state index is 7.50. The van der Waals surface area contributed by atoms with Crippen molar-refractivity contribution in [3.63, 3.8) is 0 Å². The molecule has 98 valence electrons. The Morgan fingerprint density at radius 3 is 2.67 bits per heavy atom. The fourth-order valence-corrected chi connectivity index (χ4v) is 2.43. The second-order valence-corrected chi connectivity index (χ2v) is 4.78. The fraction of sp³-hybridized carbons (Fsp3) is 0.500. The van der Waals surface area contributed by atoms with E-state index >= 15 is 0 Å². The average Bonchev–Trinajstić information content (AvgIpc) is 2.39. The number of likely N-dealkylation sites (tertiary alicyclic amines) is 1. The maximum Gasteiger partial charge on any atom is 0.123 e. The summed E-state index contributed by atoms with van der Waals surface area (Å²) in [6, 6.07) is 5.70. The van der Waals surface area contributed by atoms with Gasteiger partial charge in [-0.15, -0.1) is 0 Å². The van der Waals surface area contributed by atoms with Gasteiger partial charge in [-0.25, -0.2) is 0 Å². The molecule has 3 N–H and O–H groups in total. The lowest BCUT2D eigenvalue weighted by molar-refractivity contribution is 0.218. The van der Waals surface area contributed by atoms with Gasteiger partial charge in [0.15, 0.2) is 0 Å². The quantitative estimate of drug-likeness (QED) is 0.631. The average molecular weight is 247 g/mol. The van der Waals surface area contributed by atoms with Gasteiger partial charge < -0.3 is 10.5 Å². The normalized spacial score (nSPS) is 16.5. The Morgan fingerprint density at radius 1 is 1.33 bits per heavy atom. The Morgan fingerprint density at radius 2 is 2.06 bits per heavy atom. The van der Waals surface area contributed by atoms with Crippen LogP contribution in [-0.4, -0.2) is 30.9 Å². The molecule has 0 radical (unpaired) electrons. The van der Waals surface area contributed by atoms with Crippen molar-refractivity contribution in [3.8, 4) is 5.75 Å². The lowest BCUT2D eigenvalue weighted by Gasteiger charge is -2.27. The highest BCUT2D eigenvalue weighted by Crippen LogP contribution is 2.23. The Hall–Kier alpha value is -1.55. The first kappa shape index (κ1) is 12.9. The predicted octanol–water partition coefficient (Wildman–Crippen LogP) is 1.97. The van der Waals surface area contributed by atoms with Gasteiger partial charge in [0.25, 0.3) is 0 Å². The van der Waals surface area contributed by atoms with Crippen molar-refractivity contribution >= 4 is 5.84 Å². The maximum absolute atomic E-state index is 7.50. The molecule has 1 saturated heterocycles. The number of methoxy groups -OCH3 is 1. The van der Waals surface area contributed by atoms with Gasteiger partial charge in [0.1, 0.15) is 11.6 Å². The van der Waals surface area contributed by atoms with Crippen LogP contribution in [0.2, 0.25) is 0 Å². The number of benzene rings is 1. The van der Waals surface area contributed by atoms with Gasteiger partial charge in [-0.05, 0) is 44.1 Å². The fourth-order valence-electron chi connectivity index (χ4n) is 2.43. The number of hydrogen-bond acceptors (Lipinski definition) is 3. The molecule has 4 heteroatoms. The zero-order chi connectivity index (χ0) is 13.0. The van der Waals surface area contributed by atoms with Crippen LogP contribution >= 0.6 is 0 Å². The van der Waals surface area contributed by atoms with Crippen molar-refractivity contribution in [3.05, 3.63) is 29.3 Å². The summed E-state index contributed by atoms with van der Waals surface area (Å²) >= 11 is 0. The van der Waals surface area contributed by atoms with E-state index in [0.717, 1.165) is 36.5 Å². The molecule has 1 fully saturated rings. The molecule has 0 aromatic heterocycles. The first-order valence-electron chi connectivity index (χ1n) is 6.44. The van der Waals surface area contributed by atoms with Crippen molar-refractivity contribution in [2.45, 2.75) is 25.8 Å². The van der Waals surface area contributed by atoms with Gasteiger partial charge in [-0.2, -0.15) is 0 Å². The number of rotatable bonds is 4. The van der Waals surface area contributed by atoms with E-state index in [4.69, 9.17) is 15.9 Å². The van der Waals surface area contributed by atoms with E-state index in [9.17, 15) is 0 Å². The summed E-state index contributed by atoms with van der Waals surface area (Å²) in [4.78, 5) is 2.44. The molecule has 1 aromatic carbocycles. The molecule has 2 rings (SSSR count). The minimum absolute atomic E-state index is 0.109. The van der Waals surface area contributed by atoms with E-state index < -0.39 is 0 Å². The molecular formula is C14H21N3O. The minimum atomic E-state index is 0.109. The summed E-state index contributed by atoms with van der Waals surface area (Å²) in [6.45, 7) is 3.17. The third-order valence-corrected chi connectivity index (χ3v) is 3.43. The number of nitrogens with one attached hydrogen (secondary N) is 1. The smallest absolute Gasteiger partial charge is 0.123 e. The number of amidine groups is 1. The first-order valence-corrected chi connectivity index (χ1v) is 6.44. The molecule has 0 atom stereocenters. The molecule has 1 aromatic rings. The standard InChI is InChI=1S/C14H21N3O/c1-18-13-6-5-11(14(15)16)9-12(13)10-17-7-3-2-4-8-17/h5-6,9H,2-4,7-8,10H2,1H3,(H3,15,16). The monoisotopic (exact) mass is 247 g/mol.